The molecule has 5 nitrogen and oxygen atoms in total. The molecule has 0 radical (unpaired) electrons. The van der Waals surface area contributed by atoms with E-state index in [1.54, 1.807) is 16.7 Å². The van der Waals surface area contributed by atoms with Crippen LogP contribution in [0.5, 0.6) is 0 Å². The second kappa shape index (κ2) is 5.84. The van der Waals surface area contributed by atoms with Gasteiger partial charge in [-0.3, -0.25) is 4.79 Å². The number of imidazole rings is 1. The second-order valence-electron chi connectivity index (χ2n) is 5.30. The summed E-state index contributed by atoms with van der Waals surface area (Å²) >= 11 is 1.41. The quantitative estimate of drug-likeness (QED) is 0.803. The lowest BCUT2D eigenvalue weighted by molar-refractivity contribution is -0.115. The average molecular weight is 318 g/mol. The van der Waals surface area contributed by atoms with E-state index < -0.39 is 0 Å². The van der Waals surface area contributed by atoms with E-state index in [0.717, 1.165) is 5.69 Å². The molecule has 3 aromatic heterocycles. The monoisotopic (exact) mass is 318 g/mol. The van der Waals surface area contributed by atoms with Gasteiger partial charge in [0.25, 0.3) is 0 Å². The Morgan fingerprint density at radius 2 is 2.18 bits per heavy atom. The fourth-order valence-electron chi connectivity index (χ4n) is 2.04. The largest absolute Gasteiger partial charge is 0.304 e. The van der Waals surface area contributed by atoms with Gasteiger partial charge in [0.15, 0.2) is 5.13 Å². The highest BCUT2D eigenvalue weighted by Crippen LogP contribution is 2.21. The van der Waals surface area contributed by atoms with Crippen molar-refractivity contribution in [3.8, 4) is 0 Å². The maximum absolute atomic E-state index is 13.1. The van der Waals surface area contributed by atoms with Crippen LogP contribution in [0.15, 0.2) is 29.9 Å². The zero-order valence-corrected chi connectivity index (χ0v) is 13.0. The normalized spacial score (nSPS) is 11.3. The third kappa shape index (κ3) is 3.14. The predicted molar refractivity (Wildman–Crippen MR) is 83.7 cm³/mol. The van der Waals surface area contributed by atoms with Crippen molar-refractivity contribution in [3.05, 3.63) is 47.1 Å². The van der Waals surface area contributed by atoms with Crippen LogP contribution in [-0.2, 0) is 11.2 Å². The third-order valence-corrected chi connectivity index (χ3v) is 3.94. The zero-order valence-electron chi connectivity index (χ0n) is 12.2. The Kier molecular flexibility index (Phi) is 3.89. The number of amides is 1. The first kappa shape index (κ1) is 14.6. The van der Waals surface area contributed by atoms with Gasteiger partial charge in [-0.05, 0) is 18.1 Å². The molecule has 114 valence electrons. The molecule has 3 heterocycles. The van der Waals surface area contributed by atoms with Gasteiger partial charge in [0.2, 0.25) is 5.91 Å². The Morgan fingerprint density at radius 1 is 1.36 bits per heavy atom. The lowest BCUT2D eigenvalue weighted by atomic mass is 10.2. The van der Waals surface area contributed by atoms with Crippen molar-refractivity contribution in [1.82, 2.24) is 14.4 Å². The standard InChI is InChI=1S/C15H15FN4OS/c1-9(2)12-8-22-15(18-12)19-14(21)5-11-7-20-6-10(16)3-4-13(20)17-11/h3-4,6-9H,5H2,1-2H3,(H,18,19,21). The minimum atomic E-state index is -0.343. The number of rotatable bonds is 4. The SMILES string of the molecule is CC(C)c1csc(NC(=O)Cc2cn3cc(F)ccc3n2)n1. The number of nitrogens with one attached hydrogen (secondary N) is 1. The maximum Gasteiger partial charge on any atom is 0.232 e. The number of halogens is 1. The highest BCUT2D eigenvalue weighted by molar-refractivity contribution is 7.13. The average Bonchev–Trinajstić information content (AvgIpc) is 3.04. The highest BCUT2D eigenvalue weighted by atomic mass is 32.1. The van der Waals surface area contributed by atoms with Gasteiger partial charge in [-0.25, -0.2) is 14.4 Å². The van der Waals surface area contributed by atoms with Crippen LogP contribution in [-0.4, -0.2) is 20.3 Å². The van der Waals surface area contributed by atoms with E-state index in [0.29, 0.717) is 22.4 Å². The van der Waals surface area contributed by atoms with Gasteiger partial charge in [-0.1, -0.05) is 13.8 Å². The van der Waals surface area contributed by atoms with Gasteiger partial charge in [-0.2, -0.15) is 0 Å². The topological polar surface area (TPSA) is 59.3 Å². The Bertz CT molecular complexity index is 824. The number of thiazole rings is 1. The zero-order chi connectivity index (χ0) is 15.7. The summed E-state index contributed by atoms with van der Waals surface area (Å²) in [5, 5.41) is 5.29. The van der Waals surface area contributed by atoms with Gasteiger partial charge >= 0.3 is 0 Å². The number of hydrogen-bond donors (Lipinski definition) is 1. The van der Waals surface area contributed by atoms with Crippen molar-refractivity contribution in [2.24, 2.45) is 0 Å². The molecule has 0 aliphatic rings. The van der Waals surface area contributed by atoms with E-state index >= 15 is 0 Å². The first-order valence-electron chi connectivity index (χ1n) is 6.89. The van der Waals surface area contributed by atoms with Crippen molar-refractivity contribution in [2.45, 2.75) is 26.2 Å². The van der Waals surface area contributed by atoms with E-state index in [-0.39, 0.29) is 18.1 Å². The molecule has 0 aliphatic heterocycles. The summed E-state index contributed by atoms with van der Waals surface area (Å²) in [5.41, 5.74) is 2.16. The number of carbonyl (C=O) groups is 1. The Morgan fingerprint density at radius 3 is 2.91 bits per heavy atom. The number of fused-ring (bicyclic) bond motifs is 1. The van der Waals surface area contributed by atoms with Crippen molar-refractivity contribution >= 4 is 28.0 Å². The highest BCUT2D eigenvalue weighted by Gasteiger charge is 2.11. The first-order valence-corrected chi connectivity index (χ1v) is 7.77. The molecule has 0 aliphatic carbocycles. The van der Waals surface area contributed by atoms with Crippen LogP contribution in [0.3, 0.4) is 0 Å². The van der Waals surface area contributed by atoms with Crippen LogP contribution in [0.4, 0.5) is 9.52 Å². The van der Waals surface area contributed by atoms with Crippen LogP contribution in [0.2, 0.25) is 0 Å². The molecule has 0 spiro atoms. The third-order valence-electron chi connectivity index (χ3n) is 3.17. The summed E-state index contributed by atoms with van der Waals surface area (Å²) in [6.45, 7) is 4.10. The number of nitrogens with zero attached hydrogens (tertiary/aromatic N) is 3. The number of aromatic nitrogens is 3. The molecule has 0 bridgehead atoms. The molecule has 1 N–H and O–H groups in total. The summed E-state index contributed by atoms with van der Waals surface area (Å²) in [5.74, 6) is -0.200. The fraction of sp³-hybridized carbons (Fsp3) is 0.267. The molecule has 0 aromatic carbocycles. The van der Waals surface area contributed by atoms with E-state index in [1.165, 1.54) is 23.6 Å². The summed E-state index contributed by atoms with van der Waals surface area (Å²) in [6.07, 6.45) is 3.11. The van der Waals surface area contributed by atoms with Gasteiger partial charge < -0.3 is 9.72 Å². The summed E-state index contributed by atoms with van der Waals surface area (Å²) < 4.78 is 14.7. The van der Waals surface area contributed by atoms with Crippen LogP contribution >= 0.6 is 11.3 Å². The van der Waals surface area contributed by atoms with Gasteiger partial charge in [0.1, 0.15) is 11.5 Å². The van der Waals surface area contributed by atoms with Crippen LogP contribution < -0.4 is 5.32 Å². The Balaban J connectivity index is 1.69. The molecule has 0 fully saturated rings. The molecule has 0 unspecified atom stereocenters. The minimum Gasteiger partial charge on any atom is -0.304 e. The predicted octanol–water partition coefficient (Wildman–Crippen LogP) is 3.23. The molecule has 0 saturated carbocycles. The van der Waals surface area contributed by atoms with Crippen molar-refractivity contribution < 1.29 is 9.18 Å². The Labute approximate surface area is 130 Å². The van der Waals surface area contributed by atoms with Crippen LogP contribution in [0, 0.1) is 5.82 Å². The van der Waals surface area contributed by atoms with Crippen LogP contribution in [0.25, 0.3) is 5.65 Å². The lowest BCUT2D eigenvalue weighted by Crippen LogP contribution is -2.14. The summed E-state index contributed by atoms with van der Waals surface area (Å²) in [4.78, 5) is 20.7. The summed E-state index contributed by atoms with van der Waals surface area (Å²) in [7, 11) is 0. The number of hydrogen-bond acceptors (Lipinski definition) is 4. The van der Waals surface area contributed by atoms with Crippen molar-refractivity contribution in [2.75, 3.05) is 5.32 Å². The number of anilines is 1. The molecule has 7 heteroatoms. The van der Waals surface area contributed by atoms with E-state index in [1.807, 2.05) is 5.38 Å². The molecule has 3 aromatic rings. The van der Waals surface area contributed by atoms with E-state index in [9.17, 15) is 9.18 Å². The van der Waals surface area contributed by atoms with Crippen molar-refractivity contribution in [3.63, 3.8) is 0 Å². The molecule has 0 saturated heterocycles. The van der Waals surface area contributed by atoms with Gasteiger partial charge in [-0.15, -0.1) is 11.3 Å². The molecule has 22 heavy (non-hydrogen) atoms. The van der Waals surface area contributed by atoms with E-state index in [4.69, 9.17) is 0 Å². The van der Waals surface area contributed by atoms with Gasteiger partial charge in [0.05, 0.1) is 17.8 Å². The second-order valence-corrected chi connectivity index (χ2v) is 6.16. The Hall–Kier alpha value is -2.28. The molecule has 1 amide bonds. The number of carbonyl (C=O) groups excluding carboxylic acids is 1. The smallest absolute Gasteiger partial charge is 0.232 e. The molecule has 0 atom stereocenters. The van der Waals surface area contributed by atoms with Gasteiger partial charge in [0, 0.05) is 17.8 Å². The van der Waals surface area contributed by atoms with Crippen LogP contribution in [0.1, 0.15) is 31.2 Å². The molecule has 3 rings (SSSR count). The number of pyridine rings is 1. The molecular formula is C15H15FN4OS. The first-order chi connectivity index (χ1) is 10.5. The molecular weight excluding hydrogens is 303 g/mol. The maximum atomic E-state index is 13.1. The summed E-state index contributed by atoms with van der Waals surface area (Å²) in [6, 6.07) is 2.92. The lowest BCUT2D eigenvalue weighted by Gasteiger charge is -2.00. The van der Waals surface area contributed by atoms with E-state index in [2.05, 4.69) is 29.1 Å². The van der Waals surface area contributed by atoms with Crippen molar-refractivity contribution in [1.29, 1.82) is 0 Å². The minimum absolute atomic E-state index is 0.125. The fourth-order valence-corrected chi connectivity index (χ4v) is 2.93.